The van der Waals surface area contributed by atoms with Gasteiger partial charge < -0.3 is 9.67 Å². The normalized spacial score (nSPS) is 17.1. The van der Waals surface area contributed by atoms with Crippen LogP contribution in [0.3, 0.4) is 0 Å². The minimum Gasteiger partial charge on any atom is -0.478 e. The van der Waals surface area contributed by atoms with Crippen LogP contribution >= 0.6 is 0 Å². The number of aromatic nitrogens is 2. The molecule has 4 nitrogen and oxygen atoms in total. The smallest absolute Gasteiger partial charge is 0.335 e. The van der Waals surface area contributed by atoms with Crippen LogP contribution < -0.4 is 0 Å². The number of hydrogen-bond donors (Lipinski definition) is 1. The van der Waals surface area contributed by atoms with E-state index in [4.69, 9.17) is 5.11 Å². The molecule has 0 saturated heterocycles. The zero-order valence-corrected chi connectivity index (χ0v) is 10.2. The Hall–Kier alpha value is -1.84. The molecule has 0 bridgehead atoms. The molecule has 18 heavy (non-hydrogen) atoms. The second kappa shape index (κ2) is 4.44. The molecule has 1 aromatic heterocycles. The molecule has 94 valence electrons. The van der Waals surface area contributed by atoms with Crippen LogP contribution in [-0.4, -0.2) is 20.6 Å². The van der Waals surface area contributed by atoms with E-state index in [0.29, 0.717) is 11.6 Å². The quantitative estimate of drug-likeness (QED) is 0.882. The van der Waals surface area contributed by atoms with Gasteiger partial charge in [-0.1, -0.05) is 19.3 Å². The lowest BCUT2D eigenvalue weighted by Crippen LogP contribution is -2.11. The number of carboxylic acid groups (broad SMARTS) is 1. The molecule has 1 aliphatic carbocycles. The molecule has 0 amide bonds. The summed E-state index contributed by atoms with van der Waals surface area (Å²) in [6, 6.07) is 5.62. The monoisotopic (exact) mass is 244 g/mol. The maximum absolute atomic E-state index is 11.0. The molecule has 1 fully saturated rings. The number of rotatable bonds is 2. The summed E-state index contributed by atoms with van der Waals surface area (Å²) in [5.41, 5.74) is 2.16. The number of imidazole rings is 1. The Balaban J connectivity index is 2.05. The van der Waals surface area contributed by atoms with Crippen LogP contribution in [0.25, 0.3) is 11.0 Å². The van der Waals surface area contributed by atoms with Crippen molar-refractivity contribution in [1.82, 2.24) is 9.55 Å². The average Bonchev–Trinajstić information content (AvgIpc) is 2.82. The van der Waals surface area contributed by atoms with Crippen molar-refractivity contribution in [3.63, 3.8) is 0 Å². The first-order valence-electron chi connectivity index (χ1n) is 6.45. The molecular formula is C14H16N2O2. The van der Waals surface area contributed by atoms with E-state index in [-0.39, 0.29) is 0 Å². The molecule has 1 aliphatic rings. The van der Waals surface area contributed by atoms with Crippen molar-refractivity contribution in [1.29, 1.82) is 0 Å². The van der Waals surface area contributed by atoms with Crippen LogP contribution in [0.1, 0.15) is 48.5 Å². The fourth-order valence-electron chi connectivity index (χ4n) is 2.81. The van der Waals surface area contributed by atoms with E-state index < -0.39 is 5.97 Å². The van der Waals surface area contributed by atoms with Crippen molar-refractivity contribution < 1.29 is 9.90 Å². The predicted molar refractivity (Wildman–Crippen MR) is 68.8 cm³/mol. The zero-order valence-electron chi connectivity index (χ0n) is 10.2. The summed E-state index contributed by atoms with van der Waals surface area (Å²) < 4.78 is 2.15. The maximum Gasteiger partial charge on any atom is 0.335 e. The molecule has 0 radical (unpaired) electrons. The van der Waals surface area contributed by atoms with E-state index in [1.165, 1.54) is 32.1 Å². The first-order chi connectivity index (χ1) is 8.75. The number of nitrogens with zero attached hydrogens (tertiary/aromatic N) is 2. The summed E-state index contributed by atoms with van der Waals surface area (Å²) in [7, 11) is 0. The Morgan fingerprint density at radius 3 is 2.78 bits per heavy atom. The summed E-state index contributed by atoms with van der Waals surface area (Å²) in [6.45, 7) is 0. The topological polar surface area (TPSA) is 55.1 Å². The number of fused-ring (bicyclic) bond motifs is 1. The lowest BCUT2D eigenvalue weighted by atomic mass is 9.95. The Morgan fingerprint density at radius 2 is 2.06 bits per heavy atom. The fourth-order valence-corrected chi connectivity index (χ4v) is 2.81. The summed E-state index contributed by atoms with van der Waals surface area (Å²) >= 11 is 0. The van der Waals surface area contributed by atoms with Crippen LogP contribution in [0.5, 0.6) is 0 Å². The van der Waals surface area contributed by atoms with Gasteiger partial charge in [-0.2, -0.15) is 0 Å². The summed E-state index contributed by atoms with van der Waals surface area (Å²) in [6.07, 6.45) is 8.01. The third-order valence-corrected chi connectivity index (χ3v) is 3.79. The number of aromatic carboxylic acids is 1. The van der Waals surface area contributed by atoms with Crippen molar-refractivity contribution >= 4 is 17.0 Å². The number of hydrogen-bond acceptors (Lipinski definition) is 2. The van der Waals surface area contributed by atoms with Gasteiger partial charge in [0.15, 0.2) is 0 Å². The molecule has 1 saturated carbocycles. The van der Waals surface area contributed by atoms with Crippen molar-refractivity contribution in [3.05, 3.63) is 30.1 Å². The molecule has 4 heteroatoms. The van der Waals surface area contributed by atoms with Crippen molar-refractivity contribution in [2.45, 2.75) is 38.1 Å². The van der Waals surface area contributed by atoms with Gasteiger partial charge in [0.25, 0.3) is 0 Å². The van der Waals surface area contributed by atoms with Crippen LogP contribution in [0.15, 0.2) is 24.5 Å². The summed E-state index contributed by atoms with van der Waals surface area (Å²) in [5, 5.41) is 9.05. The first-order valence-corrected chi connectivity index (χ1v) is 6.45. The van der Waals surface area contributed by atoms with Gasteiger partial charge >= 0.3 is 5.97 Å². The number of benzene rings is 1. The van der Waals surface area contributed by atoms with Gasteiger partial charge in [-0.25, -0.2) is 9.78 Å². The highest BCUT2D eigenvalue weighted by atomic mass is 16.4. The molecule has 1 heterocycles. The van der Waals surface area contributed by atoms with Gasteiger partial charge in [0.05, 0.1) is 22.9 Å². The van der Waals surface area contributed by atoms with E-state index in [2.05, 4.69) is 9.55 Å². The molecule has 0 aliphatic heterocycles. The fraction of sp³-hybridized carbons (Fsp3) is 0.429. The van der Waals surface area contributed by atoms with Gasteiger partial charge in [0, 0.05) is 6.04 Å². The summed E-state index contributed by atoms with van der Waals surface area (Å²) in [5.74, 6) is -0.881. The predicted octanol–water partition coefficient (Wildman–Crippen LogP) is 3.24. The molecule has 0 atom stereocenters. The van der Waals surface area contributed by atoms with Gasteiger partial charge in [-0.05, 0) is 31.0 Å². The van der Waals surface area contributed by atoms with Gasteiger partial charge in [0.2, 0.25) is 0 Å². The third kappa shape index (κ3) is 1.88. The molecule has 3 rings (SSSR count). The van der Waals surface area contributed by atoms with E-state index in [1.807, 2.05) is 6.33 Å². The minimum atomic E-state index is -0.881. The van der Waals surface area contributed by atoms with Crippen molar-refractivity contribution in [2.75, 3.05) is 0 Å². The zero-order chi connectivity index (χ0) is 12.5. The number of carboxylic acids is 1. The highest BCUT2D eigenvalue weighted by Gasteiger charge is 2.17. The van der Waals surface area contributed by atoms with Crippen LogP contribution in [0.4, 0.5) is 0 Å². The Morgan fingerprint density at radius 1 is 1.28 bits per heavy atom. The highest BCUT2D eigenvalue weighted by molar-refractivity contribution is 5.92. The van der Waals surface area contributed by atoms with E-state index in [0.717, 1.165) is 11.0 Å². The Kier molecular flexibility index (Phi) is 2.78. The summed E-state index contributed by atoms with van der Waals surface area (Å²) in [4.78, 5) is 15.4. The minimum absolute atomic E-state index is 0.333. The molecule has 1 aromatic carbocycles. The standard InChI is InChI=1S/C14H16N2O2/c17-14(18)10-6-7-12-13(8-10)16(9-15-12)11-4-2-1-3-5-11/h6-9,11H,1-5H2,(H,17,18). The Bertz CT molecular complexity index is 582. The first kappa shape index (κ1) is 11.3. The third-order valence-electron chi connectivity index (χ3n) is 3.79. The van der Waals surface area contributed by atoms with E-state index in [1.54, 1.807) is 18.2 Å². The van der Waals surface area contributed by atoms with Crippen LogP contribution in [0, 0.1) is 0 Å². The molecular weight excluding hydrogens is 228 g/mol. The SMILES string of the molecule is O=C(O)c1ccc2ncn(C3CCCCC3)c2c1. The van der Waals surface area contributed by atoms with E-state index >= 15 is 0 Å². The largest absolute Gasteiger partial charge is 0.478 e. The van der Waals surface area contributed by atoms with Crippen molar-refractivity contribution in [2.24, 2.45) is 0 Å². The van der Waals surface area contributed by atoms with Crippen molar-refractivity contribution in [3.8, 4) is 0 Å². The second-order valence-electron chi connectivity index (χ2n) is 4.95. The second-order valence-corrected chi connectivity index (χ2v) is 4.95. The van der Waals surface area contributed by atoms with Crippen LogP contribution in [-0.2, 0) is 0 Å². The van der Waals surface area contributed by atoms with Gasteiger partial charge in [-0.3, -0.25) is 0 Å². The molecule has 0 unspecified atom stereocenters. The van der Waals surface area contributed by atoms with E-state index in [9.17, 15) is 4.79 Å². The van der Waals surface area contributed by atoms with Gasteiger partial charge in [-0.15, -0.1) is 0 Å². The lowest BCUT2D eigenvalue weighted by molar-refractivity contribution is 0.0697. The maximum atomic E-state index is 11.0. The molecule has 1 N–H and O–H groups in total. The molecule has 2 aromatic rings. The number of carbonyl (C=O) groups is 1. The Labute approximate surface area is 105 Å². The van der Waals surface area contributed by atoms with Gasteiger partial charge in [0.1, 0.15) is 0 Å². The highest BCUT2D eigenvalue weighted by Crippen LogP contribution is 2.30. The van der Waals surface area contributed by atoms with Crippen LogP contribution in [0.2, 0.25) is 0 Å². The molecule has 0 spiro atoms. The lowest BCUT2D eigenvalue weighted by Gasteiger charge is -2.23. The average molecular weight is 244 g/mol.